The van der Waals surface area contributed by atoms with Gasteiger partial charge in [0, 0.05) is 0 Å². The van der Waals surface area contributed by atoms with E-state index < -0.39 is 29.8 Å². The molecule has 84 valence electrons. The summed E-state index contributed by atoms with van der Waals surface area (Å²) in [6.07, 6.45) is -4.68. The summed E-state index contributed by atoms with van der Waals surface area (Å²) in [4.78, 5) is 0. The second kappa shape index (κ2) is 2.31. The van der Waals surface area contributed by atoms with Crippen molar-refractivity contribution >= 4 is 0 Å². The average molecular weight is 230 g/mol. The fraction of sp³-hybridized carbons (Fsp3) is 1.00. The zero-order valence-corrected chi connectivity index (χ0v) is 6.05. The van der Waals surface area contributed by atoms with E-state index in [0.29, 0.717) is 0 Å². The molecule has 0 saturated heterocycles. The SMILES string of the molecule is OC1(F)C(F)C(F)(F)C(F)(F)C1(F)F. The van der Waals surface area contributed by atoms with E-state index in [4.69, 9.17) is 5.11 Å². The molecular formula is C5H2F8O. The lowest BCUT2D eigenvalue weighted by atomic mass is 10.2. The van der Waals surface area contributed by atoms with Crippen molar-refractivity contribution in [2.45, 2.75) is 29.8 Å². The Bertz CT molecular complexity index is 232. The molecule has 1 nitrogen and oxygen atoms in total. The summed E-state index contributed by atoms with van der Waals surface area (Å²) in [7, 11) is 0. The standard InChI is InChI=1S/C5H2F8O/c6-1-2(7,8)4(10,11)5(12,13)3(1,9)14/h1,14H. The molecular weight excluding hydrogens is 228 g/mol. The Labute approximate surface area is 71.3 Å². The van der Waals surface area contributed by atoms with Gasteiger partial charge in [0.1, 0.15) is 0 Å². The van der Waals surface area contributed by atoms with Crippen molar-refractivity contribution in [2.75, 3.05) is 0 Å². The minimum absolute atomic E-state index is 4.68. The molecule has 1 fully saturated rings. The number of halogens is 8. The van der Waals surface area contributed by atoms with Crippen LogP contribution in [0.2, 0.25) is 0 Å². The van der Waals surface area contributed by atoms with Gasteiger partial charge in [0.25, 0.3) is 0 Å². The Hall–Kier alpha value is -0.600. The van der Waals surface area contributed by atoms with Crippen LogP contribution >= 0.6 is 0 Å². The predicted molar refractivity (Wildman–Crippen MR) is 25.8 cm³/mol. The van der Waals surface area contributed by atoms with Crippen molar-refractivity contribution in [2.24, 2.45) is 0 Å². The summed E-state index contributed by atoms with van der Waals surface area (Å²) >= 11 is 0. The maximum Gasteiger partial charge on any atom is 0.381 e. The molecule has 1 N–H and O–H groups in total. The van der Waals surface area contributed by atoms with Gasteiger partial charge in [-0.05, 0) is 0 Å². The molecule has 2 atom stereocenters. The Kier molecular flexibility index (Phi) is 1.90. The first kappa shape index (κ1) is 11.5. The molecule has 0 aromatic carbocycles. The molecule has 0 heterocycles. The first-order valence-corrected chi connectivity index (χ1v) is 3.09. The fourth-order valence-electron chi connectivity index (χ4n) is 0.988. The topological polar surface area (TPSA) is 20.2 Å². The van der Waals surface area contributed by atoms with Crippen molar-refractivity contribution in [1.82, 2.24) is 0 Å². The quantitative estimate of drug-likeness (QED) is 0.630. The third kappa shape index (κ3) is 0.836. The van der Waals surface area contributed by atoms with Crippen molar-refractivity contribution in [3.63, 3.8) is 0 Å². The van der Waals surface area contributed by atoms with E-state index in [1.807, 2.05) is 0 Å². The van der Waals surface area contributed by atoms with Gasteiger partial charge in [-0.1, -0.05) is 0 Å². The molecule has 0 amide bonds. The van der Waals surface area contributed by atoms with E-state index in [-0.39, 0.29) is 0 Å². The third-order valence-electron chi connectivity index (χ3n) is 1.91. The van der Waals surface area contributed by atoms with Crippen LogP contribution in [0.15, 0.2) is 0 Å². The van der Waals surface area contributed by atoms with E-state index in [2.05, 4.69) is 0 Å². The summed E-state index contributed by atoms with van der Waals surface area (Å²) in [5.74, 6) is -24.0. The zero-order valence-electron chi connectivity index (χ0n) is 6.05. The maximum atomic E-state index is 12.2. The largest absolute Gasteiger partial charge is 0.381 e. The van der Waals surface area contributed by atoms with Crippen LogP contribution < -0.4 is 0 Å². The van der Waals surface area contributed by atoms with Crippen molar-refractivity contribution < 1.29 is 40.2 Å². The monoisotopic (exact) mass is 230 g/mol. The Morgan fingerprint density at radius 3 is 1.21 bits per heavy atom. The zero-order chi connectivity index (χ0) is 11.6. The molecule has 1 saturated carbocycles. The van der Waals surface area contributed by atoms with Crippen molar-refractivity contribution in [1.29, 1.82) is 0 Å². The molecule has 0 spiro atoms. The normalized spacial score (nSPS) is 43.9. The number of rotatable bonds is 0. The van der Waals surface area contributed by atoms with Gasteiger partial charge in [-0.3, -0.25) is 0 Å². The highest BCUT2D eigenvalue weighted by molar-refractivity contribution is 5.18. The lowest BCUT2D eigenvalue weighted by molar-refractivity contribution is -0.318. The predicted octanol–water partition coefficient (Wildman–Crippen LogP) is 1.90. The van der Waals surface area contributed by atoms with E-state index in [0.717, 1.165) is 0 Å². The summed E-state index contributed by atoms with van der Waals surface area (Å²) in [5, 5.41) is 7.91. The molecule has 2 unspecified atom stereocenters. The summed E-state index contributed by atoms with van der Waals surface area (Å²) < 4.78 is 97.1. The Morgan fingerprint density at radius 1 is 0.786 bits per heavy atom. The molecule has 0 radical (unpaired) electrons. The van der Waals surface area contributed by atoms with Crippen LogP contribution in [0.1, 0.15) is 0 Å². The molecule has 9 heteroatoms. The van der Waals surface area contributed by atoms with Gasteiger partial charge in [0.05, 0.1) is 0 Å². The lowest BCUT2D eigenvalue weighted by Gasteiger charge is -2.24. The molecule has 0 aromatic rings. The fourth-order valence-corrected chi connectivity index (χ4v) is 0.988. The van der Waals surface area contributed by atoms with E-state index in [9.17, 15) is 35.1 Å². The van der Waals surface area contributed by atoms with Crippen LogP contribution in [0.4, 0.5) is 35.1 Å². The van der Waals surface area contributed by atoms with Gasteiger partial charge >= 0.3 is 23.6 Å². The minimum Gasteiger partial charge on any atom is -0.355 e. The van der Waals surface area contributed by atoms with Gasteiger partial charge in [0.15, 0.2) is 0 Å². The van der Waals surface area contributed by atoms with E-state index in [1.165, 1.54) is 0 Å². The second-order valence-corrected chi connectivity index (χ2v) is 2.81. The molecule has 1 rings (SSSR count). The number of hydrogen-bond acceptors (Lipinski definition) is 1. The van der Waals surface area contributed by atoms with E-state index in [1.54, 1.807) is 0 Å². The van der Waals surface area contributed by atoms with Gasteiger partial charge in [-0.2, -0.15) is 26.3 Å². The van der Waals surface area contributed by atoms with Gasteiger partial charge < -0.3 is 5.11 Å². The highest BCUT2D eigenvalue weighted by atomic mass is 19.4. The molecule has 1 aliphatic carbocycles. The molecule has 1 aliphatic rings. The van der Waals surface area contributed by atoms with Gasteiger partial charge in [-0.15, -0.1) is 0 Å². The summed E-state index contributed by atoms with van der Waals surface area (Å²) in [6, 6.07) is 0. The first-order chi connectivity index (χ1) is 5.90. The lowest BCUT2D eigenvalue weighted by Crippen LogP contribution is -2.52. The van der Waals surface area contributed by atoms with Crippen LogP contribution in [0.25, 0.3) is 0 Å². The second-order valence-electron chi connectivity index (χ2n) is 2.81. The summed E-state index contributed by atoms with van der Waals surface area (Å²) in [6.45, 7) is 0. The van der Waals surface area contributed by atoms with Crippen LogP contribution in [0, 0.1) is 0 Å². The van der Waals surface area contributed by atoms with E-state index >= 15 is 0 Å². The maximum absolute atomic E-state index is 12.2. The van der Waals surface area contributed by atoms with Gasteiger partial charge in [0.2, 0.25) is 6.17 Å². The average Bonchev–Trinajstić information content (AvgIpc) is 2.05. The van der Waals surface area contributed by atoms with Crippen LogP contribution in [-0.4, -0.2) is 34.9 Å². The minimum atomic E-state index is -6.27. The summed E-state index contributed by atoms with van der Waals surface area (Å²) in [5.41, 5.74) is 0. The number of aliphatic hydroxyl groups is 1. The van der Waals surface area contributed by atoms with Crippen LogP contribution in [0.5, 0.6) is 0 Å². The number of hydrogen-bond donors (Lipinski definition) is 1. The Balaban J connectivity index is 3.38. The smallest absolute Gasteiger partial charge is 0.355 e. The highest BCUT2D eigenvalue weighted by Gasteiger charge is 2.93. The van der Waals surface area contributed by atoms with Crippen LogP contribution in [-0.2, 0) is 0 Å². The highest BCUT2D eigenvalue weighted by Crippen LogP contribution is 2.62. The first-order valence-electron chi connectivity index (χ1n) is 3.09. The molecule has 14 heavy (non-hydrogen) atoms. The van der Waals surface area contributed by atoms with Crippen LogP contribution in [0.3, 0.4) is 0 Å². The molecule has 0 aromatic heterocycles. The number of alkyl halides is 8. The molecule has 0 bridgehead atoms. The molecule has 0 aliphatic heterocycles. The third-order valence-corrected chi connectivity index (χ3v) is 1.91. The van der Waals surface area contributed by atoms with Crippen molar-refractivity contribution in [3.8, 4) is 0 Å². The van der Waals surface area contributed by atoms with Crippen molar-refractivity contribution in [3.05, 3.63) is 0 Å². The van der Waals surface area contributed by atoms with Gasteiger partial charge in [-0.25, -0.2) is 8.78 Å². The Morgan fingerprint density at radius 2 is 1.14 bits per heavy atom.